The van der Waals surface area contributed by atoms with Gasteiger partial charge >= 0.3 is 0 Å². The number of rotatable bonds is 6. The average Bonchev–Trinajstić information content (AvgIpc) is 3.01. The normalized spacial score (nSPS) is 11.8. The van der Waals surface area contributed by atoms with Crippen LogP contribution in [0.1, 0.15) is 24.2 Å². The van der Waals surface area contributed by atoms with Gasteiger partial charge < -0.3 is 10.1 Å². The number of nitrogens with one attached hydrogen (secondary N) is 1. The van der Waals surface area contributed by atoms with Crippen molar-refractivity contribution < 1.29 is 14.5 Å². The van der Waals surface area contributed by atoms with Crippen molar-refractivity contribution in [3.63, 3.8) is 0 Å². The van der Waals surface area contributed by atoms with E-state index in [2.05, 4.69) is 10.4 Å². The molecule has 3 rings (SSSR count). The van der Waals surface area contributed by atoms with Crippen LogP contribution in [0.4, 0.5) is 11.4 Å². The van der Waals surface area contributed by atoms with Crippen LogP contribution in [0.25, 0.3) is 0 Å². The van der Waals surface area contributed by atoms with E-state index in [0.29, 0.717) is 21.5 Å². The van der Waals surface area contributed by atoms with Crippen LogP contribution in [0, 0.1) is 24.0 Å². The number of hydrogen-bond donors (Lipinski definition) is 1. The summed E-state index contributed by atoms with van der Waals surface area (Å²) >= 11 is 12.0. The Hall–Kier alpha value is -3.10. The Morgan fingerprint density at radius 2 is 1.97 bits per heavy atom. The molecule has 0 saturated carbocycles. The molecule has 0 bridgehead atoms. The Morgan fingerprint density at radius 1 is 1.23 bits per heavy atom. The van der Waals surface area contributed by atoms with E-state index >= 15 is 0 Å². The van der Waals surface area contributed by atoms with Gasteiger partial charge in [-0.05, 0) is 44.5 Å². The molecule has 0 aliphatic rings. The molecule has 30 heavy (non-hydrogen) atoms. The second-order valence-electron chi connectivity index (χ2n) is 6.69. The second kappa shape index (κ2) is 8.73. The highest BCUT2D eigenvalue weighted by molar-refractivity contribution is 6.31. The number of non-ortho nitro benzene ring substituents is 1. The average molecular weight is 449 g/mol. The van der Waals surface area contributed by atoms with Gasteiger partial charge in [0.25, 0.3) is 5.69 Å². The maximum absolute atomic E-state index is 12.6. The molecule has 2 aromatic carbocycles. The summed E-state index contributed by atoms with van der Waals surface area (Å²) in [6.07, 6.45) is 1.55. The molecule has 0 spiro atoms. The van der Waals surface area contributed by atoms with Crippen LogP contribution in [0.15, 0.2) is 42.6 Å². The Kier molecular flexibility index (Phi) is 6.28. The van der Waals surface area contributed by atoms with Crippen LogP contribution in [-0.4, -0.2) is 20.6 Å². The Morgan fingerprint density at radius 3 is 2.57 bits per heavy atom. The Labute approximate surface area is 182 Å². The highest BCUT2D eigenvalue weighted by Crippen LogP contribution is 2.32. The number of carbonyl (C=O) groups excluding carboxylic acids is 1. The topological polar surface area (TPSA) is 99.3 Å². The SMILES string of the molecule is Cc1cc(Cl)ccc1Oc1cc(NC(=O)C(C)n2cc(Cl)c(C)n2)cc([N+](=O)[O-])c1. The number of hydrogen-bond acceptors (Lipinski definition) is 5. The summed E-state index contributed by atoms with van der Waals surface area (Å²) in [5, 5.41) is 19.2. The molecule has 3 aromatic rings. The quantitative estimate of drug-likeness (QED) is 0.384. The van der Waals surface area contributed by atoms with Gasteiger partial charge in [0, 0.05) is 23.4 Å². The van der Waals surface area contributed by atoms with Gasteiger partial charge in [0.2, 0.25) is 5.91 Å². The van der Waals surface area contributed by atoms with Gasteiger partial charge in [0.1, 0.15) is 17.5 Å². The van der Waals surface area contributed by atoms with Gasteiger partial charge in [-0.2, -0.15) is 5.10 Å². The van der Waals surface area contributed by atoms with Crippen molar-refractivity contribution in [2.45, 2.75) is 26.8 Å². The van der Waals surface area contributed by atoms with Crippen LogP contribution in [-0.2, 0) is 4.79 Å². The molecule has 8 nitrogen and oxygen atoms in total. The largest absolute Gasteiger partial charge is 0.457 e. The lowest BCUT2D eigenvalue weighted by atomic mass is 10.2. The van der Waals surface area contributed by atoms with E-state index in [1.54, 1.807) is 45.2 Å². The third kappa shape index (κ3) is 4.90. The molecule has 1 heterocycles. The number of anilines is 1. The van der Waals surface area contributed by atoms with E-state index in [1.165, 1.54) is 22.9 Å². The van der Waals surface area contributed by atoms with Crippen molar-refractivity contribution >= 4 is 40.5 Å². The molecular weight excluding hydrogens is 431 g/mol. The number of aryl methyl sites for hydroxylation is 2. The van der Waals surface area contributed by atoms with Gasteiger partial charge in [-0.1, -0.05) is 23.2 Å². The summed E-state index contributed by atoms with van der Waals surface area (Å²) < 4.78 is 7.22. The molecule has 0 aliphatic carbocycles. The van der Waals surface area contributed by atoms with Gasteiger partial charge in [-0.3, -0.25) is 19.6 Å². The van der Waals surface area contributed by atoms with E-state index < -0.39 is 16.9 Å². The van der Waals surface area contributed by atoms with Gasteiger partial charge in [0.05, 0.1) is 27.4 Å². The third-order valence-electron chi connectivity index (χ3n) is 4.37. The predicted octanol–water partition coefficient (Wildman–Crippen LogP) is 5.71. The smallest absolute Gasteiger partial charge is 0.275 e. The maximum atomic E-state index is 12.6. The lowest BCUT2D eigenvalue weighted by molar-refractivity contribution is -0.384. The highest BCUT2D eigenvalue weighted by atomic mass is 35.5. The number of nitrogens with zero attached hydrogens (tertiary/aromatic N) is 3. The number of aromatic nitrogens is 2. The summed E-state index contributed by atoms with van der Waals surface area (Å²) in [7, 11) is 0. The van der Waals surface area contributed by atoms with Crippen molar-refractivity contribution in [1.82, 2.24) is 9.78 Å². The summed E-state index contributed by atoms with van der Waals surface area (Å²) in [5.41, 5.74) is 1.36. The van der Waals surface area contributed by atoms with Crippen molar-refractivity contribution in [3.05, 3.63) is 74.0 Å². The molecule has 1 unspecified atom stereocenters. The summed E-state index contributed by atoms with van der Waals surface area (Å²) in [6.45, 7) is 5.18. The number of nitro groups is 1. The van der Waals surface area contributed by atoms with E-state index in [9.17, 15) is 14.9 Å². The van der Waals surface area contributed by atoms with E-state index in [-0.39, 0.29) is 17.1 Å². The first-order valence-corrected chi connectivity index (χ1v) is 9.65. The van der Waals surface area contributed by atoms with Crippen LogP contribution in [0.2, 0.25) is 10.0 Å². The Bertz CT molecular complexity index is 1110. The standard InChI is InChI=1S/C20H18Cl2N4O4/c1-11-6-14(21)4-5-19(11)30-17-8-15(7-16(9-17)26(28)29)23-20(27)13(3)25-10-18(22)12(2)24-25/h4-10,13H,1-3H3,(H,23,27). The first-order valence-electron chi connectivity index (χ1n) is 8.89. The summed E-state index contributed by atoms with van der Waals surface area (Å²) in [5.74, 6) is 0.283. The summed E-state index contributed by atoms with van der Waals surface area (Å²) in [6, 6.07) is 8.40. The monoisotopic (exact) mass is 448 g/mol. The van der Waals surface area contributed by atoms with E-state index in [0.717, 1.165) is 5.56 Å². The van der Waals surface area contributed by atoms with E-state index in [1.807, 2.05) is 0 Å². The molecule has 0 radical (unpaired) electrons. The fourth-order valence-corrected chi connectivity index (χ4v) is 3.06. The zero-order valence-electron chi connectivity index (χ0n) is 16.3. The minimum atomic E-state index is -0.682. The number of nitro benzene ring substituents is 1. The van der Waals surface area contributed by atoms with Gasteiger partial charge in [-0.15, -0.1) is 0 Å². The fourth-order valence-electron chi connectivity index (χ4n) is 2.70. The molecule has 0 saturated heterocycles. The van der Waals surface area contributed by atoms with Gasteiger partial charge in [0.15, 0.2) is 0 Å². The Balaban J connectivity index is 1.86. The molecule has 1 atom stereocenters. The molecular formula is C20H18Cl2N4O4. The van der Waals surface area contributed by atoms with Gasteiger partial charge in [-0.25, -0.2) is 0 Å². The molecule has 1 amide bonds. The summed E-state index contributed by atoms with van der Waals surface area (Å²) in [4.78, 5) is 23.4. The third-order valence-corrected chi connectivity index (χ3v) is 4.97. The molecule has 0 aliphatic heterocycles. The predicted molar refractivity (Wildman–Crippen MR) is 115 cm³/mol. The minimum Gasteiger partial charge on any atom is -0.457 e. The lowest BCUT2D eigenvalue weighted by Gasteiger charge is -2.14. The van der Waals surface area contributed by atoms with Crippen LogP contribution >= 0.6 is 23.2 Å². The number of benzene rings is 2. The first kappa shape index (κ1) is 21.6. The van der Waals surface area contributed by atoms with Crippen molar-refractivity contribution in [2.24, 2.45) is 0 Å². The number of carbonyl (C=O) groups is 1. The number of amides is 1. The van der Waals surface area contributed by atoms with Crippen LogP contribution in [0.5, 0.6) is 11.5 Å². The maximum Gasteiger partial charge on any atom is 0.275 e. The second-order valence-corrected chi connectivity index (χ2v) is 7.54. The highest BCUT2D eigenvalue weighted by Gasteiger charge is 2.19. The molecule has 10 heteroatoms. The van der Waals surface area contributed by atoms with E-state index in [4.69, 9.17) is 27.9 Å². The zero-order valence-corrected chi connectivity index (χ0v) is 17.9. The van der Waals surface area contributed by atoms with Crippen molar-refractivity contribution in [3.8, 4) is 11.5 Å². The molecule has 156 valence electrons. The fraction of sp³-hybridized carbons (Fsp3) is 0.200. The number of ether oxygens (including phenoxy) is 1. The van der Waals surface area contributed by atoms with Crippen molar-refractivity contribution in [1.29, 1.82) is 0 Å². The van der Waals surface area contributed by atoms with Crippen LogP contribution < -0.4 is 10.1 Å². The molecule has 1 aromatic heterocycles. The number of halogens is 2. The lowest BCUT2D eigenvalue weighted by Crippen LogP contribution is -2.24. The molecule has 1 N–H and O–H groups in total. The van der Waals surface area contributed by atoms with Crippen LogP contribution in [0.3, 0.4) is 0 Å². The first-order chi connectivity index (χ1) is 14.1. The zero-order chi connectivity index (χ0) is 22.0. The van der Waals surface area contributed by atoms with Crippen molar-refractivity contribution in [2.75, 3.05) is 5.32 Å². The minimum absolute atomic E-state index is 0.204. The molecule has 0 fully saturated rings.